The highest BCUT2D eigenvalue weighted by Crippen LogP contribution is 1.89. The molecular formula is C6H15NO2. The first kappa shape index (κ1) is 8.88. The number of unbranched alkanes of at least 4 members (excludes halogenated alkanes) is 1. The van der Waals surface area contributed by atoms with Crippen LogP contribution in [0.1, 0.15) is 26.7 Å². The Bertz CT molecular complexity index is 59.0. The number of hydrogen-bond acceptors (Lipinski definition) is 3. The molecule has 0 aromatic carbocycles. The van der Waals surface area contributed by atoms with Crippen LogP contribution in [0.15, 0.2) is 0 Å². The molecule has 56 valence electrons. The van der Waals surface area contributed by atoms with E-state index in [0.29, 0.717) is 13.2 Å². The third kappa shape index (κ3) is 5.76. The molecule has 0 aliphatic heterocycles. The lowest BCUT2D eigenvalue weighted by molar-refractivity contribution is -0.337. The summed E-state index contributed by atoms with van der Waals surface area (Å²) < 4.78 is 0. The first-order valence-electron chi connectivity index (χ1n) is 3.40. The fourth-order valence-corrected chi connectivity index (χ4v) is 0.406. The van der Waals surface area contributed by atoms with Crippen molar-refractivity contribution in [1.82, 2.24) is 5.23 Å². The van der Waals surface area contributed by atoms with Crippen molar-refractivity contribution in [3.8, 4) is 0 Å². The van der Waals surface area contributed by atoms with Crippen molar-refractivity contribution in [3.05, 3.63) is 0 Å². The fraction of sp³-hybridized carbons (Fsp3) is 1.00. The normalized spacial score (nSPS) is 10.7. The van der Waals surface area contributed by atoms with Gasteiger partial charge in [0.05, 0.1) is 6.61 Å². The van der Waals surface area contributed by atoms with Gasteiger partial charge in [0.1, 0.15) is 0 Å². The summed E-state index contributed by atoms with van der Waals surface area (Å²) in [6, 6.07) is 0. The van der Waals surface area contributed by atoms with Gasteiger partial charge in [-0.3, -0.25) is 10.0 Å². The lowest BCUT2D eigenvalue weighted by Gasteiger charge is -2.10. The molecule has 0 radical (unpaired) electrons. The molecule has 9 heavy (non-hydrogen) atoms. The van der Waals surface area contributed by atoms with Gasteiger partial charge in [0, 0.05) is 6.54 Å². The van der Waals surface area contributed by atoms with Gasteiger partial charge in [-0.2, -0.15) is 0 Å². The van der Waals surface area contributed by atoms with Crippen LogP contribution in [-0.4, -0.2) is 23.6 Å². The van der Waals surface area contributed by atoms with E-state index >= 15 is 0 Å². The highest BCUT2D eigenvalue weighted by Gasteiger charge is 1.92. The minimum atomic E-state index is 0.518. The van der Waals surface area contributed by atoms with Crippen LogP contribution in [0.3, 0.4) is 0 Å². The summed E-state index contributed by atoms with van der Waals surface area (Å²) in [5.74, 6) is 0. The van der Waals surface area contributed by atoms with E-state index in [-0.39, 0.29) is 0 Å². The first-order valence-corrected chi connectivity index (χ1v) is 3.40. The first-order chi connectivity index (χ1) is 4.31. The van der Waals surface area contributed by atoms with Crippen molar-refractivity contribution in [2.75, 3.05) is 13.2 Å². The Hall–Kier alpha value is -0.120. The smallest absolute Gasteiger partial charge is 0.0711 e. The van der Waals surface area contributed by atoms with Gasteiger partial charge in [-0.25, -0.2) is 0 Å². The van der Waals surface area contributed by atoms with Gasteiger partial charge in [0.25, 0.3) is 0 Å². The van der Waals surface area contributed by atoms with Gasteiger partial charge in [0.2, 0.25) is 0 Å². The van der Waals surface area contributed by atoms with Crippen molar-refractivity contribution >= 4 is 0 Å². The maximum Gasteiger partial charge on any atom is 0.0711 e. The predicted octanol–water partition coefficient (Wildman–Crippen LogP) is 1.43. The Labute approximate surface area is 56.1 Å². The minimum Gasteiger partial charge on any atom is -0.290 e. The predicted molar refractivity (Wildman–Crippen MR) is 35.0 cm³/mol. The molecular weight excluding hydrogens is 118 g/mol. The second kappa shape index (κ2) is 6.01. The zero-order valence-electron chi connectivity index (χ0n) is 6.13. The third-order valence-corrected chi connectivity index (χ3v) is 1.01. The monoisotopic (exact) mass is 133 g/mol. The molecule has 0 unspecified atom stereocenters. The van der Waals surface area contributed by atoms with E-state index in [9.17, 15) is 0 Å². The van der Waals surface area contributed by atoms with Gasteiger partial charge >= 0.3 is 0 Å². The molecule has 3 heteroatoms. The van der Waals surface area contributed by atoms with E-state index in [1.54, 1.807) is 0 Å². The summed E-state index contributed by atoms with van der Waals surface area (Å²) in [6.07, 6.45) is 2.09. The lowest BCUT2D eigenvalue weighted by Crippen LogP contribution is -2.19. The van der Waals surface area contributed by atoms with Crippen LogP contribution < -0.4 is 0 Å². The fourth-order valence-electron chi connectivity index (χ4n) is 0.406. The Morgan fingerprint density at radius 3 is 2.56 bits per heavy atom. The summed E-state index contributed by atoms with van der Waals surface area (Å²) >= 11 is 0. The van der Waals surface area contributed by atoms with Gasteiger partial charge in [-0.05, 0) is 13.3 Å². The summed E-state index contributed by atoms with van der Waals surface area (Å²) in [5.41, 5.74) is 0. The molecule has 0 bridgehead atoms. The zero-order valence-corrected chi connectivity index (χ0v) is 6.13. The highest BCUT2D eigenvalue weighted by atomic mass is 16.9. The number of nitrogens with zero attached hydrogens (tertiary/aromatic N) is 1. The summed E-state index contributed by atoms with van der Waals surface area (Å²) in [7, 11) is 0. The van der Waals surface area contributed by atoms with Gasteiger partial charge < -0.3 is 0 Å². The second-order valence-corrected chi connectivity index (χ2v) is 1.86. The minimum absolute atomic E-state index is 0.518. The second-order valence-electron chi connectivity index (χ2n) is 1.86. The molecule has 0 atom stereocenters. The molecule has 0 aliphatic carbocycles. The average Bonchev–Trinajstić information content (AvgIpc) is 1.89. The van der Waals surface area contributed by atoms with E-state index in [4.69, 9.17) is 10.0 Å². The maximum absolute atomic E-state index is 8.70. The van der Waals surface area contributed by atoms with Crippen LogP contribution in [0, 0.1) is 0 Å². The SMILES string of the molecule is CCCCON(O)CC. The maximum atomic E-state index is 8.70. The molecule has 0 saturated carbocycles. The van der Waals surface area contributed by atoms with Gasteiger partial charge in [0.15, 0.2) is 0 Å². The topological polar surface area (TPSA) is 32.7 Å². The molecule has 0 aromatic heterocycles. The number of hydrogen-bond donors (Lipinski definition) is 1. The Balaban J connectivity index is 2.88. The van der Waals surface area contributed by atoms with Crippen molar-refractivity contribution in [3.63, 3.8) is 0 Å². The molecule has 0 saturated heterocycles. The molecule has 0 fully saturated rings. The standard InChI is InChI=1S/C6H15NO2/c1-3-5-6-9-7(8)4-2/h8H,3-6H2,1-2H3. The summed E-state index contributed by atoms with van der Waals surface area (Å²) in [6.45, 7) is 5.04. The van der Waals surface area contributed by atoms with E-state index < -0.39 is 0 Å². The summed E-state index contributed by atoms with van der Waals surface area (Å²) in [4.78, 5) is 4.82. The molecule has 0 rings (SSSR count). The number of rotatable bonds is 5. The van der Waals surface area contributed by atoms with Crippen molar-refractivity contribution < 1.29 is 10.0 Å². The quantitative estimate of drug-likeness (QED) is 0.455. The molecule has 1 N–H and O–H groups in total. The van der Waals surface area contributed by atoms with Crippen LogP contribution in [0.4, 0.5) is 0 Å². The van der Waals surface area contributed by atoms with Crippen LogP contribution in [0.25, 0.3) is 0 Å². The van der Waals surface area contributed by atoms with Crippen LogP contribution in [0.5, 0.6) is 0 Å². The lowest BCUT2D eigenvalue weighted by atomic mass is 10.4. The largest absolute Gasteiger partial charge is 0.290 e. The average molecular weight is 133 g/mol. The van der Waals surface area contributed by atoms with E-state index in [1.807, 2.05) is 6.92 Å². The molecule has 0 heterocycles. The van der Waals surface area contributed by atoms with Crippen LogP contribution in [-0.2, 0) is 4.84 Å². The van der Waals surface area contributed by atoms with E-state index in [1.165, 1.54) is 0 Å². The Morgan fingerprint density at radius 1 is 1.44 bits per heavy atom. The Kier molecular flexibility index (Phi) is 5.93. The summed E-state index contributed by atoms with van der Waals surface area (Å²) in [5, 5.41) is 9.55. The highest BCUT2D eigenvalue weighted by molar-refractivity contribution is 4.27. The van der Waals surface area contributed by atoms with E-state index in [2.05, 4.69) is 6.92 Å². The van der Waals surface area contributed by atoms with Crippen molar-refractivity contribution in [1.29, 1.82) is 0 Å². The van der Waals surface area contributed by atoms with Gasteiger partial charge in [-0.15, -0.1) is 0 Å². The molecule has 0 aromatic rings. The molecule has 0 spiro atoms. The van der Waals surface area contributed by atoms with E-state index in [0.717, 1.165) is 18.1 Å². The zero-order chi connectivity index (χ0) is 7.11. The van der Waals surface area contributed by atoms with Crippen LogP contribution >= 0.6 is 0 Å². The number of hydroxylamine groups is 2. The van der Waals surface area contributed by atoms with Gasteiger partial charge in [-0.1, -0.05) is 18.6 Å². The molecule has 0 aliphatic rings. The van der Waals surface area contributed by atoms with Crippen molar-refractivity contribution in [2.45, 2.75) is 26.7 Å². The molecule has 0 amide bonds. The third-order valence-electron chi connectivity index (χ3n) is 1.01. The van der Waals surface area contributed by atoms with Crippen molar-refractivity contribution in [2.24, 2.45) is 0 Å². The van der Waals surface area contributed by atoms with Crippen LogP contribution in [0.2, 0.25) is 0 Å². The molecule has 3 nitrogen and oxygen atoms in total. The Morgan fingerprint density at radius 2 is 2.11 bits per heavy atom.